The molecule has 0 aromatic rings. The topological polar surface area (TPSA) is 372 Å². The van der Waals surface area contributed by atoms with Crippen molar-refractivity contribution in [2.75, 3.05) is 65.0 Å². The third-order valence-corrected chi connectivity index (χ3v) is 19.5. The predicted molar refractivity (Wildman–Crippen MR) is 271 cm³/mol. The molecule has 0 radical (unpaired) electrons. The van der Waals surface area contributed by atoms with Gasteiger partial charge in [0.05, 0.1) is 51.8 Å². The summed E-state index contributed by atoms with van der Waals surface area (Å²) in [4.78, 5) is 87.9. The quantitative estimate of drug-likeness (QED) is 0.102. The normalized spacial score (nSPS) is 23.8. The van der Waals surface area contributed by atoms with Crippen molar-refractivity contribution >= 4 is 96.8 Å². The first-order valence-corrected chi connectivity index (χ1v) is 32.4. The lowest BCUT2D eigenvalue weighted by Crippen LogP contribution is -2.34. The average molecular weight is 1180 g/mol. The van der Waals surface area contributed by atoms with Crippen LogP contribution in [-0.2, 0) is 121 Å². The monoisotopic (exact) mass is 1180 g/mol. The minimum absolute atomic E-state index is 0.0243. The molecule has 5 saturated heterocycles. The van der Waals surface area contributed by atoms with E-state index in [4.69, 9.17) is 18.9 Å². The zero-order valence-electron chi connectivity index (χ0n) is 43.1. The number of sulfone groups is 5. The molecule has 5 fully saturated rings. The number of ether oxygens (including phenoxy) is 7. The maximum absolute atomic E-state index is 11.4. The highest BCUT2D eigenvalue weighted by molar-refractivity contribution is 7.92. The Labute approximate surface area is 444 Å². The van der Waals surface area contributed by atoms with E-state index in [0.717, 1.165) is 13.3 Å². The second-order valence-corrected chi connectivity index (χ2v) is 29.3. The molecule has 5 aliphatic rings. The predicted octanol–water partition coefficient (Wildman–Crippen LogP) is 1.08. The summed E-state index contributed by atoms with van der Waals surface area (Å²) >= 11 is 0. The van der Waals surface area contributed by atoms with Gasteiger partial charge in [0, 0.05) is 29.2 Å². The van der Waals surface area contributed by atoms with Gasteiger partial charge >= 0.3 is 41.8 Å². The van der Waals surface area contributed by atoms with Crippen LogP contribution in [0.25, 0.3) is 0 Å². The Morgan fingerprint density at radius 1 is 0.368 bits per heavy atom. The highest BCUT2D eigenvalue weighted by Gasteiger charge is 2.34. The molecule has 0 amide bonds. The zero-order valence-corrected chi connectivity index (χ0v) is 47.2. The molecular formula is C46H68O25S5. The van der Waals surface area contributed by atoms with Gasteiger partial charge in [-0.2, -0.15) is 0 Å². The van der Waals surface area contributed by atoms with Crippen LogP contribution in [0.3, 0.4) is 0 Å². The molecule has 0 N–H and O–H groups in total. The third kappa shape index (κ3) is 28.7. The van der Waals surface area contributed by atoms with Crippen LogP contribution in [-0.4, -0.2) is 184 Å². The first-order chi connectivity index (χ1) is 34.8. The van der Waals surface area contributed by atoms with E-state index in [-0.39, 0.29) is 68.5 Å². The van der Waals surface area contributed by atoms with Crippen LogP contribution in [0, 0.1) is 0 Å². The Hall–Kier alpha value is -5.33. The molecule has 5 atom stereocenters. The van der Waals surface area contributed by atoms with Crippen molar-refractivity contribution in [3.8, 4) is 0 Å². The number of hydrogen-bond donors (Lipinski definition) is 0. The molecule has 5 aliphatic heterocycles. The van der Waals surface area contributed by atoms with Gasteiger partial charge in [-0.3, -0.25) is 4.79 Å². The molecule has 432 valence electrons. The summed E-state index contributed by atoms with van der Waals surface area (Å²) in [7, 11) is -15.5. The Morgan fingerprint density at radius 2 is 0.697 bits per heavy atom. The van der Waals surface area contributed by atoms with Crippen molar-refractivity contribution in [2.45, 2.75) is 122 Å². The number of Topliss-reactive ketones (excluding diaryl/α,β-unsaturated/α-hetero) is 1. The summed E-state index contributed by atoms with van der Waals surface area (Å²) in [6.07, 6.45) is 2.22. The van der Waals surface area contributed by atoms with E-state index in [0.29, 0.717) is 56.9 Å². The molecule has 76 heavy (non-hydrogen) atoms. The van der Waals surface area contributed by atoms with Crippen molar-refractivity contribution < 1.29 is 114 Å². The van der Waals surface area contributed by atoms with Gasteiger partial charge in [-0.15, -0.1) is 0 Å². The fourth-order valence-electron chi connectivity index (χ4n) is 6.55. The van der Waals surface area contributed by atoms with Crippen LogP contribution in [0.2, 0.25) is 0 Å². The standard InChI is InChI=1S/C11H16O6S.C10H14O6S.2C9H14O4S.C7H10O5S/c1-8(2)11(13)16-6-10(12)17-9-4-3-5-18(14,15)7-9;1-7(2)10(12)15-5-9(11)16-8-3-4-17(13,14)6-8;1-7(2)9(10)13-8-4-3-5-14(11,12)6-8;1-7(2)9(10)13-8-5-3-4-6-14(8,11)12;1-5(8)7(9)12-6-2-3-13(10,11)4-6/h9H,1,3-7H2,2H3;8H,1,3-6H2,2H3;2*8H,1,3-6H2,2H3;6H,2-4H2,1H3. The summed E-state index contributed by atoms with van der Waals surface area (Å²) in [5.41, 5.74) is -0.0662. The second-order valence-electron chi connectivity index (χ2n) is 18.1. The van der Waals surface area contributed by atoms with E-state index in [1.54, 1.807) is 6.92 Å². The molecule has 0 aromatic carbocycles. The van der Waals surface area contributed by atoms with Crippen molar-refractivity contribution in [2.24, 2.45) is 0 Å². The minimum Gasteiger partial charge on any atom is -0.459 e. The highest BCUT2D eigenvalue weighted by atomic mass is 32.2. The van der Waals surface area contributed by atoms with E-state index in [9.17, 15) is 80.4 Å². The molecule has 0 spiro atoms. The van der Waals surface area contributed by atoms with Crippen LogP contribution in [0.5, 0.6) is 0 Å². The summed E-state index contributed by atoms with van der Waals surface area (Å²) < 4.78 is 145. The number of ketones is 1. The van der Waals surface area contributed by atoms with Gasteiger partial charge in [0.15, 0.2) is 62.4 Å². The van der Waals surface area contributed by atoms with Crippen molar-refractivity contribution in [1.29, 1.82) is 0 Å². The molecule has 5 unspecified atom stereocenters. The molecule has 5 rings (SSSR count). The maximum atomic E-state index is 11.4. The average Bonchev–Trinajstić information content (AvgIpc) is 3.82. The van der Waals surface area contributed by atoms with E-state index in [2.05, 4.69) is 40.5 Å². The molecule has 30 heteroatoms. The zero-order chi connectivity index (χ0) is 58.4. The number of esters is 7. The van der Waals surface area contributed by atoms with Crippen molar-refractivity contribution in [3.63, 3.8) is 0 Å². The van der Waals surface area contributed by atoms with Gasteiger partial charge in [-0.05, 0) is 85.5 Å². The van der Waals surface area contributed by atoms with Crippen LogP contribution >= 0.6 is 0 Å². The van der Waals surface area contributed by atoms with Gasteiger partial charge in [-0.1, -0.05) is 26.3 Å². The van der Waals surface area contributed by atoms with Crippen molar-refractivity contribution in [3.05, 3.63) is 48.6 Å². The summed E-state index contributed by atoms with van der Waals surface area (Å²) in [5.74, 6) is -5.67. The lowest BCUT2D eigenvalue weighted by atomic mass is 10.2. The fourth-order valence-corrected chi connectivity index (χ4v) is 14.5. The first-order valence-electron chi connectivity index (χ1n) is 23.4. The van der Waals surface area contributed by atoms with Crippen LogP contribution in [0.1, 0.15) is 92.4 Å². The van der Waals surface area contributed by atoms with Gasteiger partial charge in [0.2, 0.25) is 11.2 Å². The molecule has 25 nitrogen and oxygen atoms in total. The smallest absolute Gasteiger partial charge is 0.374 e. The Kier molecular flexibility index (Phi) is 28.2. The molecular weight excluding hydrogens is 1110 g/mol. The second kappa shape index (κ2) is 31.2. The van der Waals surface area contributed by atoms with E-state index in [1.807, 2.05) is 0 Å². The van der Waals surface area contributed by atoms with E-state index < -0.39 is 140 Å². The van der Waals surface area contributed by atoms with Crippen LogP contribution in [0.4, 0.5) is 0 Å². The number of carbonyl (C=O) groups is 8. The molecule has 0 aliphatic carbocycles. The van der Waals surface area contributed by atoms with Gasteiger partial charge in [0.25, 0.3) is 0 Å². The Balaban J connectivity index is 0.000000477. The third-order valence-electron chi connectivity index (χ3n) is 10.4. The lowest BCUT2D eigenvalue weighted by Gasteiger charge is -2.22. The number of rotatable bonds is 14. The number of carbonyl (C=O) groups excluding carboxylic acids is 8. The van der Waals surface area contributed by atoms with Crippen LogP contribution in [0.15, 0.2) is 48.6 Å². The fraction of sp³-hybridized carbons (Fsp3) is 0.652. The highest BCUT2D eigenvalue weighted by Crippen LogP contribution is 2.22. The lowest BCUT2D eigenvalue weighted by molar-refractivity contribution is -0.160. The van der Waals surface area contributed by atoms with Gasteiger partial charge < -0.3 is 33.2 Å². The molecule has 0 saturated carbocycles. The first kappa shape index (κ1) is 68.7. The van der Waals surface area contributed by atoms with Gasteiger partial charge in [-0.25, -0.2) is 75.7 Å². The largest absolute Gasteiger partial charge is 0.459 e. The van der Waals surface area contributed by atoms with E-state index >= 15 is 0 Å². The summed E-state index contributed by atoms with van der Waals surface area (Å²) in [5, 5.41) is 0. The maximum Gasteiger partial charge on any atom is 0.374 e. The number of hydrogen-bond acceptors (Lipinski definition) is 25. The summed E-state index contributed by atoms with van der Waals surface area (Å²) in [6.45, 7) is 19.5. The Morgan fingerprint density at radius 3 is 1.03 bits per heavy atom. The summed E-state index contributed by atoms with van der Waals surface area (Å²) in [6, 6.07) is 0. The molecule has 0 aromatic heterocycles. The SMILES string of the molecule is C=C(C)C(=O)OC1CCCCS1(=O)=O.C=C(C)C(=O)OC1CCCS(=O)(=O)C1.C=C(C)C(=O)OCC(=O)OC1CCCS(=O)(=O)C1.C=C(C)C(=O)OCC(=O)OC1CCS(=O)(=O)C1.CC(=O)C(=O)OC1CCS(=O)(=O)C1. The Bertz CT molecular complexity index is 2770. The molecule has 5 heterocycles. The minimum atomic E-state index is -3.24. The van der Waals surface area contributed by atoms with Crippen LogP contribution < -0.4 is 0 Å². The van der Waals surface area contributed by atoms with E-state index in [1.165, 1.54) is 20.8 Å². The molecule has 0 bridgehead atoms. The van der Waals surface area contributed by atoms with Crippen molar-refractivity contribution in [1.82, 2.24) is 0 Å². The van der Waals surface area contributed by atoms with Gasteiger partial charge in [0.1, 0.15) is 24.4 Å².